The molecule has 3 heterocycles. The monoisotopic (exact) mass is 392 g/mol. The molecule has 8 heteroatoms. The first-order chi connectivity index (χ1) is 14.2. The molecule has 150 valence electrons. The van der Waals surface area contributed by atoms with E-state index in [1.54, 1.807) is 23.9 Å². The molecule has 1 saturated heterocycles. The maximum atomic E-state index is 12.6. The molecule has 4 rings (SSSR count). The van der Waals surface area contributed by atoms with E-state index in [1.165, 1.54) is 18.0 Å². The first-order valence-electron chi connectivity index (χ1n) is 9.71. The molecule has 3 aromatic rings. The van der Waals surface area contributed by atoms with Crippen LogP contribution in [0.4, 0.5) is 5.95 Å². The van der Waals surface area contributed by atoms with Gasteiger partial charge in [-0.15, -0.1) is 0 Å². The molecule has 0 radical (unpaired) electrons. The van der Waals surface area contributed by atoms with E-state index in [9.17, 15) is 4.79 Å². The van der Waals surface area contributed by atoms with Crippen molar-refractivity contribution in [3.63, 3.8) is 0 Å². The zero-order valence-electron chi connectivity index (χ0n) is 16.6. The van der Waals surface area contributed by atoms with Gasteiger partial charge in [0.05, 0.1) is 18.0 Å². The number of piperazine rings is 1. The summed E-state index contributed by atoms with van der Waals surface area (Å²) in [6.45, 7) is 4.90. The fraction of sp³-hybridized carbons (Fsp3) is 0.333. The standard InChI is InChI=1S/C21H24N6O2/c1-3-29-16-6-4-15(5-7-16)19-13-27(11-10-23-19)21-25-18(12-20(28)26(21)2)17-8-9-22-14-24-17/h4-9,12,14,19,23H,3,10-11,13H2,1-2H3. The Balaban J connectivity index is 1.61. The average molecular weight is 392 g/mol. The predicted octanol–water partition coefficient (Wildman–Crippen LogP) is 1.79. The third kappa shape index (κ3) is 4.12. The second kappa shape index (κ2) is 8.40. The molecule has 0 spiro atoms. The summed E-state index contributed by atoms with van der Waals surface area (Å²) < 4.78 is 7.12. The van der Waals surface area contributed by atoms with Crippen LogP contribution >= 0.6 is 0 Å². The van der Waals surface area contributed by atoms with E-state index in [0.29, 0.717) is 30.5 Å². The Morgan fingerprint density at radius 3 is 2.76 bits per heavy atom. The molecule has 29 heavy (non-hydrogen) atoms. The molecule has 0 amide bonds. The van der Waals surface area contributed by atoms with Crippen LogP contribution < -0.4 is 20.5 Å². The van der Waals surface area contributed by atoms with Crippen LogP contribution in [-0.2, 0) is 7.05 Å². The largest absolute Gasteiger partial charge is 0.494 e. The smallest absolute Gasteiger partial charge is 0.255 e. The lowest BCUT2D eigenvalue weighted by Crippen LogP contribution is -2.47. The third-order valence-corrected chi connectivity index (χ3v) is 5.01. The predicted molar refractivity (Wildman–Crippen MR) is 111 cm³/mol. The molecule has 1 aromatic carbocycles. The van der Waals surface area contributed by atoms with E-state index < -0.39 is 0 Å². The van der Waals surface area contributed by atoms with Crippen LogP contribution in [0, 0.1) is 0 Å². The topological polar surface area (TPSA) is 85.2 Å². The number of aromatic nitrogens is 4. The summed E-state index contributed by atoms with van der Waals surface area (Å²) in [6.07, 6.45) is 3.11. The number of nitrogens with one attached hydrogen (secondary N) is 1. The lowest BCUT2D eigenvalue weighted by Gasteiger charge is -2.35. The molecule has 1 aliphatic rings. The number of anilines is 1. The van der Waals surface area contributed by atoms with Crippen LogP contribution in [0.2, 0.25) is 0 Å². The number of rotatable bonds is 5. The van der Waals surface area contributed by atoms with Gasteiger partial charge in [-0.3, -0.25) is 9.36 Å². The molecular formula is C21H24N6O2. The maximum Gasteiger partial charge on any atom is 0.255 e. The maximum absolute atomic E-state index is 12.6. The van der Waals surface area contributed by atoms with Crippen molar-refractivity contribution in [2.45, 2.75) is 13.0 Å². The number of nitrogens with zero attached hydrogens (tertiary/aromatic N) is 5. The number of benzene rings is 1. The quantitative estimate of drug-likeness (QED) is 0.708. The van der Waals surface area contributed by atoms with Gasteiger partial charge in [-0.2, -0.15) is 0 Å². The second-order valence-corrected chi connectivity index (χ2v) is 6.89. The van der Waals surface area contributed by atoms with Gasteiger partial charge in [0.1, 0.15) is 12.1 Å². The van der Waals surface area contributed by atoms with Gasteiger partial charge in [0, 0.05) is 45.0 Å². The minimum atomic E-state index is -0.111. The summed E-state index contributed by atoms with van der Waals surface area (Å²) in [7, 11) is 1.75. The Kier molecular flexibility index (Phi) is 5.53. The molecule has 1 unspecified atom stereocenters. The number of hydrogen-bond donors (Lipinski definition) is 1. The molecule has 1 N–H and O–H groups in total. The van der Waals surface area contributed by atoms with Crippen LogP contribution in [0.1, 0.15) is 18.5 Å². The SMILES string of the molecule is CCOc1ccc(C2CN(c3nc(-c4ccncn4)cc(=O)n3C)CCN2)cc1. The van der Waals surface area contributed by atoms with Crippen LogP contribution in [0.15, 0.2) is 53.7 Å². The normalized spacial score (nSPS) is 16.6. The molecule has 1 aliphatic heterocycles. The van der Waals surface area contributed by atoms with Crippen molar-refractivity contribution in [2.75, 3.05) is 31.1 Å². The van der Waals surface area contributed by atoms with E-state index in [0.717, 1.165) is 18.8 Å². The number of hydrogen-bond acceptors (Lipinski definition) is 7. The molecule has 0 bridgehead atoms. The highest BCUT2D eigenvalue weighted by Crippen LogP contribution is 2.24. The van der Waals surface area contributed by atoms with Gasteiger partial charge >= 0.3 is 0 Å². The Morgan fingerprint density at radius 2 is 2.03 bits per heavy atom. The summed E-state index contributed by atoms with van der Waals surface area (Å²) in [4.78, 5) is 27.6. The fourth-order valence-electron chi connectivity index (χ4n) is 3.50. The van der Waals surface area contributed by atoms with Crippen LogP contribution in [0.5, 0.6) is 5.75 Å². The van der Waals surface area contributed by atoms with E-state index in [2.05, 4.69) is 32.3 Å². The lowest BCUT2D eigenvalue weighted by molar-refractivity contribution is 0.340. The summed E-state index contributed by atoms with van der Waals surface area (Å²) in [5.41, 5.74) is 2.26. The van der Waals surface area contributed by atoms with E-state index in [-0.39, 0.29) is 11.6 Å². The number of ether oxygens (including phenoxy) is 1. The molecule has 8 nitrogen and oxygen atoms in total. The molecule has 1 fully saturated rings. The summed E-state index contributed by atoms with van der Waals surface area (Å²) in [5.74, 6) is 1.51. The molecule has 1 atom stereocenters. The zero-order valence-corrected chi connectivity index (χ0v) is 16.6. The highest BCUT2D eigenvalue weighted by Gasteiger charge is 2.24. The minimum Gasteiger partial charge on any atom is -0.494 e. The van der Waals surface area contributed by atoms with Crippen LogP contribution in [-0.4, -0.2) is 45.8 Å². The van der Waals surface area contributed by atoms with Crippen molar-refractivity contribution in [1.29, 1.82) is 0 Å². The van der Waals surface area contributed by atoms with Gasteiger partial charge in [0.2, 0.25) is 5.95 Å². The van der Waals surface area contributed by atoms with Gasteiger partial charge in [-0.1, -0.05) is 12.1 Å². The van der Waals surface area contributed by atoms with Crippen LogP contribution in [0.3, 0.4) is 0 Å². The summed E-state index contributed by atoms with van der Waals surface area (Å²) in [5, 5.41) is 3.55. The summed E-state index contributed by atoms with van der Waals surface area (Å²) in [6, 6.07) is 11.5. The molecule has 0 aliphatic carbocycles. The molecular weight excluding hydrogens is 368 g/mol. The van der Waals surface area contributed by atoms with Crippen molar-refractivity contribution in [3.8, 4) is 17.1 Å². The second-order valence-electron chi connectivity index (χ2n) is 6.89. The average Bonchev–Trinajstić information content (AvgIpc) is 2.77. The van der Waals surface area contributed by atoms with Gasteiger partial charge in [0.25, 0.3) is 5.56 Å². The highest BCUT2D eigenvalue weighted by atomic mass is 16.5. The van der Waals surface area contributed by atoms with Crippen molar-refractivity contribution in [1.82, 2.24) is 24.8 Å². The molecule has 0 saturated carbocycles. The van der Waals surface area contributed by atoms with Crippen molar-refractivity contribution < 1.29 is 4.74 Å². The third-order valence-electron chi connectivity index (χ3n) is 5.01. The van der Waals surface area contributed by atoms with Crippen LogP contribution in [0.25, 0.3) is 11.4 Å². The highest BCUT2D eigenvalue weighted by molar-refractivity contribution is 5.55. The lowest BCUT2D eigenvalue weighted by atomic mass is 10.0. The van der Waals surface area contributed by atoms with E-state index in [4.69, 9.17) is 9.72 Å². The zero-order chi connectivity index (χ0) is 20.2. The van der Waals surface area contributed by atoms with E-state index >= 15 is 0 Å². The Morgan fingerprint density at radius 1 is 1.21 bits per heavy atom. The molecule has 2 aromatic heterocycles. The van der Waals surface area contributed by atoms with Crippen molar-refractivity contribution >= 4 is 5.95 Å². The van der Waals surface area contributed by atoms with Gasteiger partial charge < -0.3 is 15.0 Å². The van der Waals surface area contributed by atoms with E-state index in [1.807, 2.05) is 19.1 Å². The minimum absolute atomic E-state index is 0.111. The Labute approximate surface area is 169 Å². The fourth-order valence-corrected chi connectivity index (χ4v) is 3.50. The Bertz CT molecular complexity index is 1020. The summed E-state index contributed by atoms with van der Waals surface area (Å²) >= 11 is 0. The van der Waals surface area contributed by atoms with Gasteiger partial charge in [-0.25, -0.2) is 15.0 Å². The van der Waals surface area contributed by atoms with Crippen molar-refractivity contribution in [3.05, 3.63) is 64.8 Å². The van der Waals surface area contributed by atoms with Gasteiger partial charge in [-0.05, 0) is 30.7 Å². The van der Waals surface area contributed by atoms with Gasteiger partial charge in [0.15, 0.2) is 0 Å². The van der Waals surface area contributed by atoms with Crippen molar-refractivity contribution in [2.24, 2.45) is 7.05 Å². The first-order valence-corrected chi connectivity index (χ1v) is 9.71. The first kappa shape index (κ1) is 19.1. The Hall–Kier alpha value is -3.26.